The lowest BCUT2D eigenvalue weighted by Crippen LogP contribution is -2.59. The molecule has 40 heavy (non-hydrogen) atoms. The number of nitrogens with one attached hydrogen (secondary N) is 1. The van der Waals surface area contributed by atoms with E-state index in [1.165, 1.54) is 19.3 Å². The van der Waals surface area contributed by atoms with Crippen LogP contribution in [0.1, 0.15) is 122 Å². The highest BCUT2D eigenvalue weighted by Crippen LogP contribution is 2.61. The third kappa shape index (κ3) is 6.67. The number of aliphatic carboxylic acids is 3. The molecule has 0 spiro atoms. The topological polar surface area (TPSA) is 141 Å². The number of carbonyl (C=O) groups excluding carboxylic acids is 1. The molecule has 8 aliphatic rings. The van der Waals surface area contributed by atoms with Crippen molar-refractivity contribution in [2.75, 3.05) is 0 Å². The quantitative estimate of drug-likeness (QED) is 0.248. The van der Waals surface area contributed by atoms with Crippen LogP contribution in [0.2, 0.25) is 0 Å². The molecule has 8 heteroatoms. The van der Waals surface area contributed by atoms with Crippen molar-refractivity contribution < 1.29 is 34.5 Å². The molecule has 8 fully saturated rings. The fraction of sp³-hybridized carbons (Fsp3) is 0.875. The van der Waals surface area contributed by atoms with Gasteiger partial charge in [0.1, 0.15) is 0 Å². The molecular formula is C32H49NO7. The standard InChI is InChI=1S/C21H31NO7.C11H18/c23-16(24)1-4-21(5-2-17(25)26,6-3-18(27)28)22-19(29)20-10-13-7-14(11-20)9-15(8-13)12-20;1-11-5-8-2-9(6-11)4-10(3-8)7-11/h13-15H,1-12H2,(H,22,29)(H,23,24)(H,25,26)(H,27,28);8-10H,2-7H2,1H3. The average Bonchev–Trinajstić information content (AvgIpc) is 2.83. The Balaban J connectivity index is 0.000000240. The summed E-state index contributed by atoms with van der Waals surface area (Å²) in [5, 5.41) is 30.5. The number of carboxylic acid groups (broad SMARTS) is 3. The van der Waals surface area contributed by atoms with Gasteiger partial charge < -0.3 is 20.6 Å². The lowest BCUT2D eigenvalue weighted by molar-refractivity contribution is -0.150. The van der Waals surface area contributed by atoms with Gasteiger partial charge in [-0.15, -0.1) is 0 Å². The molecule has 8 saturated carbocycles. The third-order valence-electron chi connectivity index (χ3n) is 11.7. The Hall–Kier alpha value is -2.12. The Morgan fingerprint density at radius 2 is 0.900 bits per heavy atom. The molecule has 0 atom stereocenters. The van der Waals surface area contributed by atoms with Crippen molar-refractivity contribution in [1.29, 1.82) is 0 Å². The van der Waals surface area contributed by atoms with Gasteiger partial charge in [-0.3, -0.25) is 19.2 Å². The second-order valence-electron chi connectivity index (χ2n) is 15.3. The maximum absolute atomic E-state index is 13.5. The number of hydrogen-bond donors (Lipinski definition) is 4. The van der Waals surface area contributed by atoms with E-state index in [2.05, 4.69) is 12.2 Å². The zero-order valence-corrected chi connectivity index (χ0v) is 24.2. The first-order chi connectivity index (χ1) is 18.8. The summed E-state index contributed by atoms with van der Waals surface area (Å²) >= 11 is 0. The molecule has 0 aromatic heterocycles. The second-order valence-corrected chi connectivity index (χ2v) is 15.3. The van der Waals surface area contributed by atoms with Gasteiger partial charge in [-0.1, -0.05) is 6.92 Å². The molecule has 4 N–H and O–H groups in total. The smallest absolute Gasteiger partial charge is 0.303 e. The van der Waals surface area contributed by atoms with E-state index in [4.69, 9.17) is 15.3 Å². The molecule has 0 heterocycles. The van der Waals surface area contributed by atoms with Crippen molar-refractivity contribution in [3.05, 3.63) is 0 Å². The lowest BCUT2D eigenvalue weighted by atomic mass is 9.49. The largest absolute Gasteiger partial charge is 0.481 e. The monoisotopic (exact) mass is 559 g/mol. The molecule has 0 saturated heterocycles. The van der Waals surface area contributed by atoms with Gasteiger partial charge in [0, 0.05) is 30.2 Å². The van der Waals surface area contributed by atoms with Crippen molar-refractivity contribution >= 4 is 23.8 Å². The van der Waals surface area contributed by atoms with Crippen molar-refractivity contribution in [2.45, 2.75) is 128 Å². The summed E-state index contributed by atoms with van der Waals surface area (Å²) in [6.07, 6.45) is 14.8. The summed E-state index contributed by atoms with van der Waals surface area (Å²) in [7, 11) is 0. The third-order valence-corrected chi connectivity index (χ3v) is 11.7. The minimum atomic E-state index is -1.13. The molecule has 224 valence electrons. The molecule has 8 nitrogen and oxygen atoms in total. The fourth-order valence-corrected chi connectivity index (χ4v) is 10.9. The lowest BCUT2D eigenvalue weighted by Gasteiger charge is -2.56. The number of carboxylic acids is 3. The van der Waals surface area contributed by atoms with Gasteiger partial charge in [0.05, 0.1) is 0 Å². The van der Waals surface area contributed by atoms with Crippen LogP contribution in [0, 0.1) is 46.3 Å². The summed E-state index contributed by atoms with van der Waals surface area (Å²) < 4.78 is 0. The van der Waals surface area contributed by atoms with Crippen molar-refractivity contribution in [3.8, 4) is 0 Å². The number of rotatable bonds is 11. The second kappa shape index (κ2) is 11.3. The highest BCUT2D eigenvalue weighted by Gasteiger charge is 2.55. The SMILES string of the molecule is CC12CC3CC(CC(C3)C1)C2.O=C(O)CCC(CCC(=O)O)(CCC(=O)O)NC(=O)C12CC3CC(CC(C3)C1)C2. The Bertz CT molecular complexity index is 887. The fourth-order valence-electron chi connectivity index (χ4n) is 10.9. The molecule has 0 aromatic carbocycles. The van der Waals surface area contributed by atoms with Crippen molar-refractivity contribution in [3.63, 3.8) is 0 Å². The van der Waals surface area contributed by atoms with Gasteiger partial charge in [-0.25, -0.2) is 0 Å². The highest BCUT2D eigenvalue weighted by atomic mass is 16.4. The first-order valence-electron chi connectivity index (χ1n) is 15.8. The Morgan fingerprint density at radius 1 is 0.600 bits per heavy atom. The molecular weight excluding hydrogens is 510 g/mol. The van der Waals surface area contributed by atoms with Gasteiger partial charge in [0.2, 0.25) is 5.91 Å². The zero-order valence-electron chi connectivity index (χ0n) is 24.2. The van der Waals surface area contributed by atoms with Crippen LogP contribution in [0.15, 0.2) is 0 Å². The average molecular weight is 560 g/mol. The van der Waals surface area contributed by atoms with Gasteiger partial charge in [-0.2, -0.15) is 0 Å². The van der Waals surface area contributed by atoms with E-state index in [1.807, 2.05) is 0 Å². The van der Waals surface area contributed by atoms with E-state index in [1.54, 1.807) is 38.5 Å². The molecule has 8 rings (SSSR count). The molecule has 8 aliphatic carbocycles. The summed E-state index contributed by atoms with van der Waals surface area (Å²) in [4.78, 5) is 47.0. The number of carbonyl (C=O) groups is 4. The molecule has 0 unspecified atom stereocenters. The zero-order chi connectivity index (χ0) is 28.7. The summed E-state index contributed by atoms with van der Waals surface area (Å²) in [6.45, 7) is 2.54. The maximum atomic E-state index is 13.5. The van der Waals surface area contributed by atoms with E-state index in [0.717, 1.165) is 42.4 Å². The minimum Gasteiger partial charge on any atom is -0.481 e. The van der Waals surface area contributed by atoms with E-state index in [9.17, 15) is 19.2 Å². The van der Waals surface area contributed by atoms with E-state index in [-0.39, 0.29) is 44.4 Å². The first kappa shape index (κ1) is 29.4. The summed E-state index contributed by atoms with van der Waals surface area (Å²) in [6, 6.07) is 0. The van der Waals surface area contributed by atoms with Gasteiger partial charge in [-0.05, 0) is 137 Å². The number of amides is 1. The Morgan fingerprint density at radius 3 is 1.18 bits per heavy atom. The highest BCUT2D eigenvalue weighted by molar-refractivity contribution is 5.84. The van der Waals surface area contributed by atoms with Crippen LogP contribution in [-0.2, 0) is 19.2 Å². The molecule has 0 aromatic rings. The number of hydrogen-bond acceptors (Lipinski definition) is 4. The molecule has 8 bridgehead atoms. The van der Waals surface area contributed by atoms with E-state index < -0.39 is 28.9 Å². The predicted octanol–water partition coefficient (Wildman–Crippen LogP) is 5.87. The van der Waals surface area contributed by atoms with Gasteiger partial charge in [0.15, 0.2) is 0 Å². The predicted molar refractivity (Wildman–Crippen MR) is 148 cm³/mol. The van der Waals surface area contributed by atoms with Crippen LogP contribution in [0.4, 0.5) is 0 Å². The van der Waals surface area contributed by atoms with Crippen LogP contribution in [0.3, 0.4) is 0 Å². The van der Waals surface area contributed by atoms with Crippen molar-refractivity contribution in [2.24, 2.45) is 46.3 Å². The van der Waals surface area contributed by atoms with E-state index >= 15 is 0 Å². The van der Waals surface area contributed by atoms with Crippen LogP contribution < -0.4 is 5.32 Å². The van der Waals surface area contributed by atoms with Crippen LogP contribution in [0.25, 0.3) is 0 Å². The maximum Gasteiger partial charge on any atom is 0.303 e. The summed E-state index contributed by atoms with van der Waals surface area (Å²) in [5.74, 6) is 1.81. The minimum absolute atomic E-state index is 0.0288. The van der Waals surface area contributed by atoms with E-state index in [0.29, 0.717) is 17.8 Å². The first-order valence-corrected chi connectivity index (χ1v) is 15.8. The molecule has 0 radical (unpaired) electrons. The van der Waals surface area contributed by atoms with Crippen LogP contribution >= 0.6 is 0 Å². The molecule has 1 amide bonds. The van der Waals surface area contributed by atoms with Crippen LogP contribution in [-0.4, -0.2) is 44.7 Å². The Kier molecular flexibility index (Phi) is 8.28. The molecule has 0 aliphatic heterocycles. The summed E-state index contributed by atoms with van der Waals surface area (Å²) in [5.41, 5.74) is -0.792. The normalized spacial score (nSPS) is 38.4. The Labute approximate surface area is 238 Å². The van der Waals surface area contributed by atoms with Gasteiger partial charge >= 0.3 is 17.9 Å². The van der Waals surface area contributed by atoms with Crippen LogP contribution in [0.5, 0.6) is 0 Å². The van der Waals surface area contributed by atoms with Crippen molar-refractivity contribution in [1.82, 2.24) is 5.32 Å². The van der Waals surface area contributed by atoms with Gasteiger partial charge in [0.25, 0.3) is 0 Å².